The number of imide groups is 2. The van der Waals surface area contributed by atoms with E-state index in [1.165, 1.54) is 7.11 Å². The summed E-state index contributed by atoms with van der Waals surface area (Å²) in [7, 11) is 1.53. The van der Waals surface area contributed by atoms with Crippen molar-refractivity contribution in [3.8, 4) is 11.5 Å². The summed E-state index contributed by atoms with van der Waals surface area (Å²) in [5.74, 6) is -0.168. The van der Waals surface area contributed by atoms with Crippen molar-refractivity contribution < 1.29 is 23.9 Å². The van der Waals surface area contributed by atoms with Crippen LogP contribution in [-0.4, -0.2) is 25.0 Å². The lowest BCUT2D eigenvalue weighted by Crippen LogP contribution is -2.66. The molecule has 2 aliphatic heterocycles. The molecule has 2 aromatic rings. The zero-order valence-electron chi connectivity index (χ0n) is 13.9. The van der Waals surface area contributed by atoms with Gasteiger partial charge in [0, 0.05) is 6.42 Å². The summed E-state index contributed by atoms with van der Waals surface area (Å²) in [4.78, 5) is 37.2. The van der Waals surface area contributed by atoms with Crippen LogP contribution in [0.3, 0.4) is 0 Å². The van der Waals surface area contributed by atoms with E-state index in [1.807, 2.05) is 12.1 Å². The average molecular weight is 352 g/mol. The van der Waals surface area contributed by atoms with Crippen LogP contribution in [0, 0.1) is 5.41 Å². The maximum atomic E-state index is 12.8. The predicted octanol–water partition coefficient (Wildman–Crippen LogP) is 1.72. The van der Waals surface area contributed by atoms with Crippen molar-refractivity contribution in [3.05, 3.63) is 59.7 Å². The number of ether oxygens (including phenoxy) is 2. The van der Waals surface area contributed by atoms with Crippen LogP contribution in [0.2, 0.25) is 0 Å². The molecular formula is C19H16N2O5. The number of carbonyl (C=O) groups excluding carboxylic acids is 3. The normalized spacial score (nSPS) is 20.7. The van der Waals surface area contributed by atoms with Crippen LogP contribution in [0.5, 0.6) is 11.5 Å². The Hall–Kier alpha value is -3.35. The smallest absolute Gasteiger partial charge is 0.328 e. The number of fused-ring (bicyclic) bond motifs is 1. The average Bonchev–Trinajstić information content (AvgIpc) is 2.65. The third kappa shape index (κ3) is 2.32. The number of hydrogen-bond acceptors (Lipinski definition) is 5. The van der Waals surface area contributed by atoms with Crippen molar-refractivity contribution in [1.29, 1.82) is 0 Å². The van der Waals surface area contributed by atoms with Gasteiger partial charge in [0.15, 0.2) is 5.41 Å². The number of barbiturate groups is 1. The number of hydrogen-bond donors (Lipinski definition) is 2. The molecule has 0 unspecified atom stereocenters. The van der Waals surface area contributed by atoms with Crippen LogP contribution in [0.15, 0.2) is 48.5 Å². The van der Waals surface area contributed by atoms with Crippen molar-refractivity contribution in [2.45, 2.75) is 12.5 Å². The number of nitrogens with one attached hydrogen (secondary N) is 2. The van der Waals surface area contributed by atoms with Crippen molar-refractivity contribution in [2.75, 3.05) is 7.11 Å². The number of benzene rings is 2. The van der Waals surface area contributed by atoms with Crippen LogP contribution in [0.4, 0.5) is 4.79 Å². The van der Waals surface area contributed by atoms with Gasteiger partial charge in [-0.05, 0) is 29.3 Å². The molecule has 7 nitrogen and oxygen atoms in total. The van der Waals surface area contributed by atoms with E-state index >= 15 is 0 Å². The van der Waals surface area contributed by atoms with Gasteiger partial charge in [-0.25, -0.2) is 4.79 Å². The molecule has 2 N–H and O–H groups in total. The molecule has 4 rings (SSSR count). The number of urea groups is 1. The van der Waals surface area contributed by atoms with Crippen LogP contribution in [0.1, 0.15) is 17.2 Å². The van der Waals surface area contributed by atoms with Crippen LogP contribution in [0.25, 0.3) is 0 Å². The first kappa shape index (κ1) is 16.1. The molecular weight excluding hydrogens is 336 g/mol. The van der Waals surface area contributed by atoms with E-state index in [0.717, 1.165) is 5.56 Å². The SMILES string of the molecule is COc1cccc([C@H]2Oc3ccccc3CC23C(=O)NC(=O)NC3=O)c1. The van der Waals surface area contributed by atoms with E-state index in [4.69, 9.17) is 9.47 Å². The summed E-state index contributed by atoms with van der Waals surface area (Å²) in [6.45, 7) is 0. The molecule has 2 aliphatic rings. The molecule has 1 spiro atoms. The van der Waals surface area contributed by atoms with E-state index in [2.05, 4.69) is 10.6 Å². The van der Waals surface area contributed by atoms with Crippen molar-refractivity contribution in [2.24, 2.45) is 5.41 Å². The highest BCUT2D eigenvalue weighted by atomic mass is 16.5. The van der Waals surface area contributed by atoms with Gasteiger partial charge in [0.05, 0.1) is 7.11 Å². The Morgan fingerprint density at radius 1 is 1.04 bits per heavy atom. The second-order valence-corrected chi connectivity index (χ2v) is 6.27. The Kier molecular flexibility index (Phi) is 3.64. The minimum absolute atomic E-state index is 0.121. The third-order valence-corrected chi connectivity index (χ3v) is 4.80. The molecule has 7 heteroatoms. The van der Waals surface area contributed by atoms with Gasteiger partial charge in [-0.15, -0.1) is 0 Å². The predicted molar refractivity (Wildman–Crippen MR) is 90.6 cm³/mol. The fraction of sp³-hybridized carbons (Fsp3) is 0.211. The Morgan fingerprint density at radius 2 is 1.77 bits per heavy atom. The molecule has 0 aliphatic carbocycles. The molecule has 0 bridgehead atoms. The summed E-state index contributed by atoms with van der Waals surface area (Å²) in [5, 5.41) is 4.42. The standard InChI is InChI=1S/C19H16N2O5/c1-25-13-7-4-6-11(9-13)15-19(16(22)20-18(24)21-17(19)23)10-12-5-2-3-8-14(12)26-15/h2-9,15H,10H2,1H3,(H2,20,21,22,23,24)/t15-/m1/s1. The van der Waals surface area contributed by atoms with Crippen LogP contribution < -0.4 is 20.1 Å². The highest BCUT2D eigenvalue weighted by Gasteiger charge is 2.59. The highest BCUT2D eigenvalue weighted by molar-refractivity contribution is 6.20. The molecule has 0 aromatic heterocycles. The van der Waals surface area contributed by atoms with Crippen molar-refractivity contribution in [1.82, 2.24) is 10.6 Å². The quantitative estimate of drug-likeness (QED) is 0.803. The number of methoxy groups -OCH3 is 1. The summed E-state index contributed by atoms with van der Waals surface area (Å²) in [6.07, 6.45) is -0.781. The summed E-state index contributed by atoms with van der Waals surface area (Å²) < 4.78 is 11.3. The third-order valence-electron chi connectivity index (χ3n) is 4.80. The van der Waals surface area contributed by atoms with E-state index in [0.29, 0.717) is 17.1 Å². The van der Waals surface area contributed by atoms with Gasteiger partial charge in [-0.3, -0.25) is 20.2 Å². The molecule has 1 atom stereocenters. The Labute approximate surface area is 149 Å². The molecule has 4 amide bonds. The van der Waals surface area contributed by atoms with Gasteiger partial charge in [0.2, 0.25) is 11.8 Å². The van der Waals surface area contributed by atoms with Gasteiger partial charge in [-0.2, -0.15) is 0 Å². The largest absolute Gasteiger partial charge is 0.497 e. The number of para-hydroxylation sites is 1. The maximum Gasteiger partial charge on any atom is 0.328 e. The van der Waals surface area contributed by atoms with Gasteiger partial charge < -0.3 is 9.47 Å². The van der Waals surface area contributed by atoms with Crippen molar-refractivity contribution >= 4 is 17.8 Å². The van der Waals surface area contributed by atoms with Gasteiger partial charge in [0.25, 0.3) is 0 Å². The first-order chi connectivity index (χ1) is 12.5. The highest BCUT2D eigenvalue weighted by Crippen LogP contribution is 2.48. The van der Waals surface area contributed by atoms with Gasteiger partial charge in [0.1, 0.15) is 17.6 Å². The van der Waals surface area contributed by atoms with Gasteiger partial charge >= 0.3 is 6.03 Å². The fourth-order valence-electron chi connectivity index (χ4n) is 3.51. The lowest BCUT2D eigenvalue weighted by molar-refractivity contribution is -0.153. The minimum Gasteiger partial charge on any atom is -0.497 e. The molecule has 0 radical (unpaired) electrons. The molecule has 2 aromatic carbocycles. The van der Waals surface area contributed by atoms with Crippen molar-refractivity contribution in [3.63, 3.8) is 0 Å². The molecule has 132 valence electrons. The number of carbonyl (C=O) groups is 3. The van der Waals surface area contributed by atoms with E-state index in [9.17, 15) is 14.4 Å². The first-order valence-electron chi connectivity index (χ1n) is 8.10. The molecule has 26 heavy (non-hydrogen) atoms. The summed E-state index contributed by atoms with van der Waals surface area (Å²) in [5.41, 5.74) is -0.251. The second-order valence-electron chi connectivity index (χ2n) is 6.27. The Morgan fingerprint density at radius 3 is 2.50 bits per heavy atom. The number of amides is 4. The van der Waals surface area contributed by atoms with E-state index < -0.39 is 29.4 Å². The fourth-order valence-corrected chi connectivity index (χ4v) is 3.51. The van der Waals surface area contributed by atoms with Gasteiger partial charge in [-0.1, -0.05) is 30.3 Å². The Balaban J connectivity index is 1.89. The second kappa shape index (κ2) is 5.87. The lowest BCUT2D eigenvalue weighted by atomic mass is 9.70. The summed E-state index contributed by atoms with van der Waals surface area (Å²) >= 11 is 0. The molecule has 1 saturated heterocycles. The Bertz CT molecular complexity index is 904. The zero-order valence-corrected chi connectivity index (χ0v) is 13.9. The minimum atomic E-state index is -1.59. The van der Waals surface area contributed by atoms with Crippen LogP contribution in [-0.2, 0) is 16.0 Å². The number of rotatable bonds is 2. The topological polar surface area (TPSA) is 93.7 Å². The summed E-state index contributed by atoms with van der Waals surface area (Å²) in [6, 6.07) is 13.4. The maximum absolute atomic E-state index is 12.8. The monoisotopic (exact) mass is 352 g/mol. The lowest BCUT2D eigenvalue weighted by Gasteiger charge is -2.43. The first-order valence-corrected chi connectivity index (χ1v) is 8.10. The molecule has 1 fully saturated rings. The molecule has 0 saturated carbocycles. The van der Waals surface area contributed by atoms with E-state index in [1.54, 1.807) is 36.4 Å². The zero-order chi connectivity index (χ0) is 18.3. The van der Waals surface area contributed by atoms with E-state index in [-0.39, 0.29) is 6.42 Å². The molecule has 2 heterocycles. The van der Waals surface area contributed by atoms with Crippen LogP contribution >= 0.6 is 0 Å².